The van der Waals surface area contributed by atoms with Gasteiger partial charge in [-0.1, -0.05) is 12.1 Å². The van der Waals surface area contributed by atoms with E-state index in [1.165, 1.54) is 12.1 Å². The molecule has 0 radical (unpaired) electrons. The maximum absolute atomic E-state index is 13.0. The number of nitrogens with zero attached hydrogens (tertiary/aromatic N) is 5. The molecule has 0 aliphatic carbocycles. The van der Waals surface area contributed by atoms with Gasteiger partial charge in [0.15, 0.2) is 5.65 Å². The Kier molecular flexibility index (Phi) is 3.15. The normalized spacial score (nSPS) is 11.2. The number of hydrogen-bond donors (Lipinski definition) is 0. The number of benzene rings is 1. The van der Waals surface area contributed by atoms with Crippen LogP contribution < -0.4 is 0 Å². The Hall–Kier alpha value is -3.02. The van der Waals surface area contributed by atoms with E-state index in [9.17, 15) is 4.39 Å². The van der Waals surface area contributed by atoms with Crippen LogP contribution in [0.5, 0.6) is 0 Å². The first-order chi connectivity index (χ1) is 11.2. The quantitative estimate of drug-likeness (QED) is 0.585. The van der Waals surface area contributed by atoms with Gasteiger partial charge in [0.25, 0.3) is 0 Å². The van der Waals surface area contributed by atoms with Gasteiger partial charge in [0, 0.05) is 25.2 Å². The summed E-state index contributed by atoms with van der Waals surface area (Å²) in [5.41, 5.74) is 4.56. The van der Waals surface area contributed by atoms with Gasteiger partial charge in [0.2, 0.25) is 0 Å². The van der Waals surface area contributed by atoms with Gasteiger partial charge in [-0.25, -0.2) is 13.9 Å². The summed E-state index contributed by atoms with van der Waals surface area (Å²) >= 11 is 0. The smallest absolute Gasteiger partial charge is 0.154 e. The number of rotatable bonds is 3. The molecule has 0 amide bonds. The molecule has 0 atom stereocenters. The fraction of sp³-hybridized carbons (Fsp3) is 0.118. The van der Waals surface area contributed by atoms with Crippen molar-refractivity contribution in [2.45, 2.75) is 6.42 Å². The van der Waals surface area contributed by atoms with E-state index >= 15 is 0 Å². The van der Waals surface area contributed by atoms with Crippen molar-refractivity contribution in [2.24, 2.45) is 7.05 Å². The molecule has 0 spiro atoms. The van der Waals surface area contributed by atoms with Crippen LogP contribution in [0.25, 0.3) is 16.9 Å². The highest BCUT2D eigenvalue weighted by Gasteiger charge is 2.10. The molecular weight excluding hydrogens is 293 g/mol. The summed E-state index contributed by atoms with van der Waals surface area (Å²) in [5.74, 6) is -0.231. The number of aryl methyl sites for hydroxylation is 1. The second-order valence-corrected chi connectivity index (χ2v) is 5.44. The highest BCUT2D eigenvalue weighted by atomic mass is 19.1. The molecule has 4 aromatic rings. The van der Waals surface area contributed by atoms with E-state index in [2.05, 4.69) is 15.2 Å². The maximum atomic E-state index is 13.0. The van der Waals surface area contributed by atoms with Gasteiger partial charge in [0.05, 0.1) is 23.8 Å². The number of fused-ring (bicyclic) bond motifs is 1. The van der Waals surface area contributed by atoms with Gasteiger partial charge in [-0.15, -0.1) is 0 Å². The van der Waals surface area contributed by atoms with E-state index in [-0.39, 0.29) is 5.82 Å². The summed E-state index contributed by atoms with van der Waals surface area (Å²) in [4.78, 5) is 4.38. The van der Waals surface area contributed by atoms with Crippen LogP contribution in [0.3, 0.4) is 0 Å². The van der Waals surface area contributed by atoms with Crippen LogP contribution in [-0.4, -0.2) is 24.4 Å². The van der Waals surface area contributed by atoms with Crippen LogP contribution in [0.4, 0.5) is 4.39 Å². The zero-order chi connectivity index (χ0) is 15.8. The standard InChI is InChI=1S/C17H14FN5/c1-22-11-13(9-20-22)16-10-19-17-7-6-15(21-23(16)17)8-12-2-4-14(18)5-3-12/h2-7,9-11H,8H2,1H3. The van der Waals surface area contributed by atoms with E-state index in [0.717, 1.165) is 28.2 Å². The molecule has 0 saturated heterocycles. The highest BCUT2D eigenvalue weighted by molar-refractivity contribution is 5.61. The van der Waals surface area contributed by atoms with Crippen LogP contribution in [0.1, 0.15) is 11.3 Å². The SMILES string of the molecule is Cn1cc(-c2cnc3ccc(Cc4ccc(F)cc4)nn23)cn1. The summed E-state index contributed by atoms with van der Waals surface area (Å²) in [6, 6.07) is 10.4. The zero-order valence-corrected chi connectivity index (χ0v) is 12.5. The summed E-state index contributed by atoms with van der Waals surface area (Å²) in [6.45, 7) is 0. The second-order valence-electron chi connectivity index (χ2n) is 5.44. The number of hydrogen-bond acceptors (Lipinski definition) is 3. The van der Waals surface area contributed by atoms with Crippen molar-refractivity contribution in [3.05, 3.63) is 72.1 Å². The van der Waals surface area contributed by atoms with Crippen molar-refractivity contribution < 1.29 is 4.39 Å². The van der Waals surface area contributed by atoms with Gasteiger partial charge in [-0.3, -0.25) is 4.68 Å². The monoisotopic (exact) mass is 307 g/mol. The largest absolute Gasteiger partial charge is 0.275 e. The lowest BCUT2D eigenvalue weighted by Gasteiger charge is -2.04. The van der Waals surface area contributed by atoms with Crippen LogP contribution in [-0.2, 0) is 13.5 Å². The second kappa shape index (κ2) is 5.31. The lowest BCUT2D eigenvalue weighted by atomic mass is 10.1. The van der Waals surface area contributed by atoms with Gasteiger partial charge >= 0.3 is 0 Å². The summed E-state index contributed by atoms with van der Waals surface area (Å²) in [6.07, 6.45) is 6.15. The third-order valence-electron chi connectivity index (χ3n) is 3.72. The molecule has 5 nitrogen and oxygen atoms in total. The molecule has 0 fully saturated rings. The third kappa shape index (κ3) is 2.59. The van der Waals surface area contributed by atoms with E-state index in [1.807, 2.05) is 29.9 Å². The molecule has 0 unspecified atom stereocenters. The molecular formula is C17H14FN5. The topological polar surface area (TPSA) is 48.0 Å². The summed E-state index contributed by atoms with van der Waals surface area (Å²) < 4.78 is 16.6. The minimum absolute atomic E-state index is 0.231. The Balaban J connectivity index is 1.73. The zero-order valence-electron chi connectivity index (χ0n) is 12.5. The van der Waals surface area contributed by atoms with Crippen LogP contribution >= 0.6 is 0 Å². The Labute approximate surface area is 132 Å². The van der Waals surface area contributed by atoms with Crippen molar-refractivity contribution in [1.82, 2.24) is 24.4 Å². The Morgan fingerprint density at radius 2 is 1.87 bits per heavy atom. The van der Waals surface area contributed by atoms with Crippen molar-refractivity contribution in [2.75, 3.05) is 0 Å². The van der Waals surface area contributed by atoms with Crippen molar-refractivity contribution in [1.29, 1.82) is 0 Å². The molecule has 0 aliphatic heterocycles. The molecule has 1 aromatic carbocycles. The lowest BCUT2D eigenvalue weighted by Crippen LogP contribution is -2.00. The molecule has 0 aliphatic rings. The molecule has 0 bridgehead atoms. The molecule has 0 saturated carbocycles. The van der Waals surface area contributed by atoms with Crippen LogP contribution in [0.15, 0.2) is 55.0 Å². The first-order valence-electron chi connectivity index (χ1n) is 7.26. The Bertz CT molecular complexity index is 968. The molecule has 114 valence electrons. The minimum Gasteiger partial charge on any atom is -0.275 e. The Morgan fingerprint density at radius 3 is 2.61 bits per heavy atom. The minimum atomic E-state index is -0.231. The highest BCUT2D eigenvalue weighted by Crippen LogP contribution is 2.19. The van der Waals surface area contributed by atoms with Crippen molar-refractivity contribution in [3.63, 3.8) is 0 Å². The van der Waals surface area contributed by atoms with Gasteiger partial charge in [0.1, 0.15) is 5.82 Å². The maximum Gasteiger partial charge on any atom is 0.154 e. The molecule has 3 heterocycles. The van der Waals surface area contributed by atoms with E-state index in [4.69, 9.17) is 0 Å². The molecule has 6 heteroatoms. The van der Waals surface area contributed by atoms with Gasteiger partial charge in [-0.05, 0) is 29.8 Å². The van der Waals surface area contributed by atoms with Crippen LogP contribution in [0.2, 0.25) is 0 Å². The number of halogens is 1. The fourth-order valence-corrected chi connectivity index (χ4v) is 2.57. The first kappa shape index (κ1) is 13.6. The first-order valence-corrected chi connectivity index (χ1v) is 7.26. The predicted octanol–water partition coefficient (Wildman–Crippen LogP) is 2.86. The molecule has 23 heavy (non-hydrogen) atoms. The molecule has 3 aromatic heterocycles. The van der Waals surface area contributed by atoms with Gasteiger partial charge in [-0.2, -0.15) is 10.2 Å². The molecule has 0 N–H and O–H groups in total. The third-order valence-corrected chi connectivity index (χ3v) is 3.72. The number of imidazole rings is 1. The predicted molar refractivity (Wildman–Crippen MR) is 84.4 cm³/mol. The number of aromatic nitrogens is 5. The van der Waals surface area contributed by atoms with E-state index in [0.29, 0.717) is 6.42 Å². The van der Waals surface area contributed by atoms with Gasteiger partial charge < -0.3 is 0 Å². The van der Waals surface area contributed by atoms with Crippen LogP contribution in [0, 0.1) is 5.82 Å². The Morgan fingerprint density at radius 1 is 1.04 bits per heavy atom. The molecule has 4 rings (SSSR count). The van der Waals surface area contributed by atoms with E-state index < -0.39 is 0 Å². The van der Waals surface area contributed by atoms with Crippen molar-refractivity contribution >= 4 is 5.65 Å². The fourth-order valence-electron chi connectivity index (χ4n) is 2.57. The van der Waals surface area contributed by atoms with Crippen molar-refractivity contribution in [3.8, 4) is 11.3 Å². The average molecular weight is 307 g/mol. The lowest BCUT2D eigenvalue weighted by molar-refractivity contribution is 0.627. The summed E-state index contributed by atoms with van der Waals surface area (Å²) in [7, 11) is 1.88. The van der Waals surface area contributed by atoms with E-state index in [1.54, 1.807) is 29.2 Å². The average Bonchev–Trinajstić information content (AvgIpc) is 3.15. The summed E-state index contributed by atoms with van der Waals surface area (Å²) in [5, 5.41) is 8.85.